The molecule has 0 radical (unpaired) electrons. The molecule has 100 valence electrons. The summed E-state index contributed by atoms with van der Waals surface area (Å²) in [5.74, 6) is -1.03. The number of aliphatic carboxylic acids is 1. The highest BCUT2D eigenvalue weighted by atomic mass is 16.5. The van der Waals surface area contributed by atoms with Gasteiger partial charge in [-0.1, -0.05) is 6.92 Å². The van der Waals surface area contributed by atoms with Crippen molar-refractivity contribution in [2.45, 2.75) is 45.2 Å². The van der Waals surface area contributed by atoms with E-state index in [1.165, 1.54) is 0 Å². The zero-order chi connectivity index (χ0) is 13.3. The van der Waals surface area contributed by atoms with Crippen LogP contribution in [0.1, 0.15) is 33.1 Å². The molecule has 0 saturated carbocycles. The van der Waals surface area contributed by atoms with E-state index in [-0.39, 0.29) is 6.04 Å². The van der Waals surface area contributed by atoms with Gasteiger partial charge in [-0.05, 0) is 26.2 Å². The third kappa shape index (κ3) is 7.57. The zero-order valence-electron chi connectivity index (χ0n) is 10.7. The van der Waals surface area contributed by atoms with E-state index < -0.39 is 18.0 Å². The molecule has 2 amide bonds. The number of carboxylic acids is 1. The van der Waals surface area contributed by atoms with Gasteiger partial charge in [0.1, 0.15) is 6.04 Å². The average molecular weight is 246 g/mol. The van der Waals surface area contributed by atoms with Gasteiger partial charge in [0, 0.05) is 19.8 Å². The first-order chi connectivity index (χ1) is 8.01. The largest absolute Gasteiger partial charge is 0.480 e. The Hall–Kier alpha value is -1.30. The van der Waals surface area contributed by atoms with Crippen molar-refractivity contribution in [1.29, 1.82) is 0 Å². The monoisotopic (exact) mass is 246 g/mol. The number of hydrogen-bond donors (Lipinski definition) is 3. The summed E-state index contributed by atoms with van der Waals surface area (Å²) in [6.07, 6.45) is 1.75. The molecule has 0 bridgehead atoms. The summed E-state index contributed by atoms with van der Waals surface area (Å²) in [6.45, 7) is 4.29. The van der Waals surface area contributed by atoms with Crippen molar-refractivity contribution < 1.29 is 19.4 Å². The molecule has 2 unspecified atom stereocenters. The fraction of sp³-hybridized carbons (Fsp3) is 0.818. The maximum atomic E-state index is 11.4. The Morgan fingerprint density at radius 2 is 2.00 bits per heavy atom. The molecule has 0 heterocycles. The van der Waals surface area contributed by atoms with Gasteiger partial charge in [0.05, 0.1) is 0 Å². The first-order valence-corrected chi connectivity index (χ1v) is 5.80. The van der Waals surface area contributed by atoms with Gasteiger partial charge in [-0.25, -0.2) is 9.59 Å². The average Bonchev–Trinajstić information content (AvgIpc) is 2.27. The van der Waals surface area contributed by atoms with Crippen molar-refractivity contribution in [2.24, 2.45) is 0 Å². The number of carboxylic acid groups (broad SMARTS) is 1. The summed E-state index contributed by atoms with van der Waals surface area (Å²) < 4.78 is 4.84. The third-order valence-corrected chi connectivity index (χ3v) is 2.43. The van der Waals surface area contributed by atoms with Crippen LogP contribution in [0.15, 0.2) is 0 Å². The topological polar surface area (TPSA) is 87.7 Å². The van der Waals surface area contributed by atoms with Crippen LogP contribution in [0, 0.1) is 0 Å². The van der Waals surface area contributed by atoms with Crippen LogP contribution in [0.4, 0.5) is 4.79 Å². The highest BCUT2D eigenvalue weighted by Crippen LogP contribution is 1.98. The van der Waals surface area contributed by atoms with Crippen LogP contribution in [-0.4, -0.2) is 42.9 Å². The molecule has 6 heteroatoms. The Morgan fingerprint density at radius 3 is 2.47 bits per heavy atom. The molecule has 0 aromatic rings. The first kappa shape index (κ1) is 15.7. The summed E-state index contributed by atoms with van der Waals surface area (Å²) >= 11 is 0. The van der Waals surface area contributed by atoms with Crippen molar-refractivity contribution in [3.8, 4) is 0 Å². The van der Waals surface area contributed by atoms with Crippen LogP contribution in [0.2, 0.25) is 0 Å². The third-order valence-electron chi connectivity index (χ3n) is 2.43. The van der Waals surface area contributed by atoms with Gasteiger partial charge in [0.25, 0.3) is 0 Å². The second-order valence-corrected chi connectivity index (χ2v) is 3.95. The van der Waals surface area contributed by atoms with Crippen LogP contribution in [0.5, 0.6) is 0 Å². The van der Waals surface area contributed by atoms with Gasteiger partial charge in [-0.3, -0.25) is 0 Å². The second-order valence-electron chi connectivity index (χ2n) is 3.95. The lowest BCUT2D eigenvalue weighted by Gasteiger charge is -2.17. The molecular weight excluding hydrogens is 224 g/mol. The minimum absolute atomic E-state index is 0.0309. The van der Waals surface area contributed by atoms with E-state index in [0.717, 1.165) is 6.42 Å². The number of rotatable bonds is 8. The molecule has 0 aromatic carbocycles. The SMILES string of the molecule is CCC(C)NC(=O)NC(CCCOC)C(=O)O. The number of methoxy groups -OCH3 is 1. The molecule has 0 aliphatic rings. The van der Waals surface area contributed by atoms with E-state index in [0.29, 0.717) is 19.4 Å². The lowest BCUT2D eigenvalue weighted by Crippen LogP contribution is -2.48. The van der Waals surface area contributed by atoms with Crippen molar-refractivity contribution in [3.05, 3.63) is 0 Å². The van der Waals surface area contributed by atoms with Crippen LogP contribution < -0.4 is 10.6 Å². The molecule has 0 aliphatic carbocycles. The minimum Gasteiger partial charge on any atom is -0.480 e. The highest BCUT2D eigenvalue weighted by Gasteiger charge is 2.19. The Balaban J connectivity index is 4.06. The lowest BCUT2D eigenvalue weighted by molar-refractivity contribution is -0.139. The van der Waals surface area contributed by atoms with Gasteiger partial charge in [0.15, 0.2) is 0 Å². The van der Waals surface area contributed by atoms with E-state index in [1.807, 2.05) is 13.8 Å². The number of nitrogens with one attached hydrogen (secondary N) is 2. The minimum atomic E-state index is -1.03. The number of urea groups is 1. The second kappa shape index (κ2) is 8.81. The summed E-state index contributed by atoms with van der Waals surface area (Å²) in [5, 5.41) is 14.0. The molecule has 2 atom stereocenters. The first-order valence-electron chi connectivity index (χ1n) is 5.80. The highest BCUT2D eigenvalue weighted by molar-refractivity contribution is 5.82. The van der Waals surface area contributed by atoms with Crippen molar-refractivity contribution in [1.82, 2.24) is 10.6 Å². The van der Waals surface area contributed by atoms with E-state index >= 15 is 0 Å². The smallest absolute Gasteiger partial charge is 0.326 e. The lowest BCUT2D eigenvalue weighted by atomic mass is 10.1. The van der Waals surface area contributed by atoms with Gasteiger partial charge >= 0.3 is 12.0 Å². The van der Waals surface area contributed by atoms with Gasteiger partial charge in [-0.2, -0.15) is 0 Å². The van der Waals surface area contributed by atoms with E-state index in [2.05, 4.69) is 10.6 Å². The van der Waals surface area contributed by atoms with Crippen LogP contribution in [0.3, 0.4) is 0 Å². The van der Waals surface area contributed by atoms with E-state index in [1.54, 1.807) is 7.11 Å². The molecule has 0 aliphatic heterocycles. The molecule has 6 nitrogen and oxygen atoms in total. The Kier molecular flexibility index (Phi) is 8.13. The van der Waals surface area contributed by atoms with E-state index in [9.17, 15) is 9.59 Å². The molecule has 0 saturated heterocycles. The summed E-state index contributed by atoms with van der Waals surface area (Å²) in [5.41, 5.74) is 0. The van der Waals surface area contributed by atoms with Crippen LogP contribution in [0.25, 0.3) is 0 Å². The number of ether oxygens (including phenoxy) is 1. The number of carbonyl (C=O) groups excluding carboxylic acids is 1. The van der Waals surface area contributed by atoms with Gasteiger partial charge in [-0.15, -0.1) is 0 Å². The zero-order valence-corrected chi connectivity index (χ0v) is 10.7. The quantitative estimate of drug-likeness (QED) is 0.557. The van der Waals surface area contributed by atoms with Crippen molar-refractivity contribution in [3.63, 3.8) is 0 Å². The molecule has 0 rings (SSSR count). The predicted molar refractivity (Wildman–Crippen MR) is 64.0 cm³/mol. The Labute approximate surface area is 102 Å². The fourth-order valence-corrected chi connectivity index (χ4v) is 1.21. The molecule has 17 heavy (non-hydrogen) atoms. The maximum absolute atomic E-state index is 11.4. The van der Waals surface area contributed by atoms with Gasteiger partial charge < -0.3 is 20.5 Å². The summed E-state index contributed by atoms with van der Waals surface area (Å²) in [6, 6.07) is -1.28. The maximum Gasteiger partial charge on any atom is 0.326 e. The van der Waals surface area contributed by atoms with Gasteiger partial charge in [0.2, 0.25) is 0 Å². The number of hydrogen-bond acceptors (Lipinski definition) is 3. The molecular formula is C11H22N2O4. The van der Waals surface area contributed by atoms with Crippen LogP contribution >= 0.6 is 0 Å². The number of carbonyl (C=O) groups is 2. The molecule has 0 aromatic heterocycles. The Bertz CT molecular complexity index is 246. The predicted octanol–water partition coefficient (Wildman–Crippen LogP) is 0.964. The molecule has 0 fully saturated rings. The van der Waals surface area contributed by atoms with Crippen molar-refractivity contribution in [2.75, 3.05) is 13.7 Å². The summed E-state index contributed by atoms with van der Waals surface area (Å²) in [7, 11) is 1.55. The molecule has 3 N–H and O–H groups in total. The summed E-state index contributed by atoms with van der Waals surface area (Å²) in [4.78, 5) is 22.3. The van der Waals surface area contributed by atoms with Crippen molar-refractivity contribution >= 4 is 12.0 Å². The Morgan fingerprint density at radius 1 is 1.35 bits per heavy atom. The fourth-order valence-electron chi connectivity index (χ4n) is 1.21. The normalized spacial score (nSPS) is 13.8. The standard InChI is InChI=1S/C11H22N2O4/c1-4-8(2)12-11(16)13-9(10(14)15)6-5-7-17-3/h8-9H,4-7H2,1-3H3,(H,14,15)(H2,12,13,16). The number of amides is 2. The van der Waals surface area contributed by atoms with E-state index in [4.69, 9.17) is 9.84 Å². The van der Waals surface area contributed by atoms with Crippen LogP contribution in [-0.2, 0) is 9.53 Å². The molecule has 0 spiro atoms.